The van der Waals surface area contributed by atoms with Gasteiger partial charge in [0.05, 0.1) is 21.9 Å². The number of likely N-dealkylation sites (tertiary alicyclic amines) is 2. The van der Waals surface area contributed by atoms with Crippen LogP contribution < -0.4 is 9.47 Å². The molecule has 0 radical (unpaired) electrons. The van der Waals surface area contributed by atoms with Crippen molar-refractivity contribution in [2.45, 2.75) is 172 Å². The number of Topliss-reactive ketones (excluding diaryl/α,β-unsaturated/α-hetero) is 2. The molecule has 4 atom stereocenters. The molecule has 2 aliphatic heterocycles. The Labute approximate surface area is 610 Å². The highest BCUT2D eigenvalue weighted by atomic mass is 19.1. The van der Waals surface area contributed by atoms with E-state index >= 15 is 8.78 Å². The Kier molecular flexibility index (Phi) is 29.9. The molecule has 104 heavy (non-hydrogen) atoms. The number of hydrogen-bond acceptors (Lipinski definition) is 16. The van der Waals surface area contributed by atoms with Crippen LogP contribution in [0.1, 0.15) is 169 Å². The molecule has 2 fully saturated rings. The van der Waals surface area contributed by atoms with Gasteiger partial charge in [0.2, 0.25) is 11.6 Å². The fourth-order valence-electron chi connectivity index (χ4n) is 11.5. The molecule has 18 nitrogen and oxygen atoms in total. The zero-order chi connectivity index (χ0) is 76.0. The average Bonchev–Trinajstić information content (AvgIpc) is 0.807. The minimum Gasteiger partial charge on any atom is -0.489 e. The lowest BCUT2D eigenvalue weighted by Crippen LogP contribution is -2.53. The highest BCUT2D eigenvalue weighted by Crippen LogP contribution is 2.35. The van der Waals surface area contributed by atoms with Crippen molar-refractivity contribution in [3.63, 3.8) is 0 Å². The Morgan fingerprint density at radius 2 is 0.904 bits per heavy atom. The van der Waals surface area contributed by atoms with E-state index in [0.717, 1.165) is 44.1 Å². The van der Waals surface area contributed by atoms with Gasteiger partial charge in [0.25, 0.3) is 11.8 Å². The molecule has 0 spiro atoms. The summed E-state index contributed by atoms with van der Waals surface area (Å²) in [6.07, 6.45) is 12.2. The third-order valence-electron chi connectivity index (χ3n) is 18.3. The monoisotopic (exact) mass is 1430 g/mol. The van der Waals surface area contributed by atoms with Crippen LogP contribution in [0.2, 0.25) is 0 Å². The first-order chi connectivity index (χ1) is 49.3. The number of aromatic nitrogens is 2. The fraction of sp³-hybridized carbons (Fsp3) is 0.452. The summed E-state index contributed by atoms with van der Waals surface area (Å²) in [6, 6.07) is 25.9. The second-order valence-corrected chi connectivity index (χ2v) is 29.5. The zero-order valence-electron chi connectivity index (χ0n) is 62.3. The fourth-order valence-corrected chi connectivity index (χ4v) is 11.5. The van der Waals surface area contributed by atoms with Gasteiger partial charge in [0.15, 0.2) is 0 Å². The number of benzene rings is 4. The molecule has 6 aromatic rings. The zero-order valence-corrected chi connectivity index (χ0v) is 62.3. The number of hydrogen-bond donors (Lipinski definition) is 0. The third kappa shape index (κ3) is 24.2. The van der Waals surface area contributed by atoms with Gasteiger partial charge in [-0.3, -0.25) is 29.1 Å². The predicted molar refractivity (Wildman–Crippen MR) is 396 cm³/mol. The number of piperidine rings is 2. The van der Waals surface area contributed by atoms with Gasteiger partial charge in [0, 0.05) is 60.5 Å². The van der Waals surface area contributed by atoms with Gasteiger partial charge < -0.3 is 38.2 Å². The summed E-state index contributed by atoms with van der Waals surface area (Å²) in [5.74, 6) is -5.76. The number of allylic oxidation sites excluding steroid dienone is 2. The second-order valence-electron chi connectivity index (χ2n) is 29.5. The minimum absolute atomic E-state index is 0.140. The quantitative estimate of drug-likeness (QED) is 0.0126. The van der Waals surface area contributed by atoms with E-state index in [1.54, 1.807) is 36.7 Å². The van der Waals surface area contributed by atoms with Gasteiger partial charge in [-0.2, -0.15) is 0 Å². The number of amides is 2. The van der Waals surface area contributed by atoms with Gasteiger partial charge >= 0.3 is 23.9 Å². The van der Waals surface area contributed by atoms with Crippen LogP contribution in [-0.2, 0) is 70.1 Å². The number of ether oxygens (including phenoxy) is 6. The van der Waals surface area contributed by atoms with Crippen LogP contribution in [0.5, 0.6) is 11.5 Å². The lowest BCUT2D eigenvalue weighted by atomic mass is 9.87. The van der Waals surface area contributed by atoms with E-state index < -0.39 is 94.0 Å². The topological polar surface area (TPSA) is 224 Å². The van der Waals surface area contributed by atoms with Crippen molar-refractivity contribution >= 4 is 69.1 Å². The maximum atomic E-state index is 15.1. The Bertz CT molecular complexity index is 3860. The predicted octanol–water partition coefficient (Wildman–Crippen LogP) is 15.8. The minimum atomic E-state index is -1.33. The maximum absolute atomic E-state index is 15.1. The molecular formula is C84H102F2N4O14. The summed E-state index contributed by atoms with van der Waals surface area (Å²) < 4.78 is 64.8. The highest BCUT2D eigenvalue weighted by Gasteiger charge is 2.44. The molecule has 2 saturated heterocycles. The molecule has 0 bridgehead atoms. The number of carbonyl (C=O) groups is 8. The first kappa shape index (κ1) is 81.6. The molecule has 0 N–H and O–H groups in total. The largest absolute Gasteiger partial charge is 0.489 e. The molecule has 0 unspecified atom stereocenters. The first-order valence-electron chi connectivity index (χ1n) is 36.0. The third-order valence-corrected chi connectivity index (χ3v) is 18.3. The van der Waals surface area contributed by atoms with Crippen LogP contribution in [0.3, 0.4) is 0 Å². The second kappa shape index (κ2) is 38.2. The molecule has 20 heteroatoms. The standard InChI is InChI=1S/2C42H51FN2O7/c2*1-27(2)15-18-38(46)51-26-42(6,7)39(47)40(48)45-19-11-10-14-36(45)41(49)52-37(17-16-30-20-31-12-8-9-13-35(31)44-24-30)32-21-33(43)23-34(22-32)50-25-29(5)28(3)4/h2*8-9,12-13,15,18,20-24,27-28,36-37H,5,10-11,14,16-17,19,25-26H2,1-4,6-7H3/t2*36-,37+/m00/s1. The molecule has 556 valence electrons. The van der Waals surface area contributed by atoms with Crippen LogP contribution in [-0.4, -0.2) is 119 Å². The number of ketones is 2. The molecule has 4 heterocycles. The number of fused-ring (bicyclic) bond motifs is 2. The Balaban J connectivity index is 0.000000291. The summed E-state index contributed by atoms with van der Waals surface area (Å²) in [5.41, 5.74) is 3.33. The highest BCUT2D eigenvalue weighted by molar-refractivity contribution is 6.39. The van der Waals surface area contributed by atoms with Gasteiger partial charge in [-0.1, -0.05) is 117 Å². The Hall–Kier alpha value is -9.72. The van der Waals surface area contributed by atoms with Crippen LogP contribution in [0.25, 0.3) is 21.8 Å². The van der Waals surface area contributed by atoms with Crippen molar-refractivity contribution in [3.05, 3.63) is 192 Å². The Morgan fingerprint density at radius 1 is 0.529 bits per heavy atom. The van der Waals surface area contributed by atoms with Gasteiger partial charge in [0.1, 0.15) is 73.9 Å². The molecule has 8 rings (SSSR count). The number of nitrogens with zero attached hydrogens (tertiary/aromatic N) is 4. The van der Waals surface area contributed by atoms with Crippen LogP contribution in [0.4, 0.5) is 8.78 Å². The van der Waals surface area contributed by atoms with Crippen molar-refractivity contribution in [1.82, 2.24) is 19.8 Å². The summed E-state index contributed by atoms with van der Waals surface area (Å²) in [4.78, 5) is 118. The number of esters is 4. The van der Waals surface area contributed by atoms with Crippen LogP contribution >= 0.6 is 0 Å². The normalized spacial score (nSPS) is 15.6. The SMILES string of the molecule is C=C(COc1cc(F)cc([C@@H](CCc2cnc3ccccc3c2)OC(=O)[C@@H]2CCCCN2C(=O)C(=O)C(C)(C)COC(=O)C=CC(C)C)c1)C(C)C.C=C(COc1cc(F)cc([C@@H](CCc2cnc3ccccc3c2)OC(=O)[C@@H]2CCCCN2C(=O)C(=O)C(C)(C)COC(=O)C=CC(C)C)c1)C(C)C. The van der Waals surface area contributed by atoms with Crippen molar-refractivity contribution in [1.29, 1.82) is 0 Å². The van der Waals surface area contributed by atoms with E-state index in [4.69, 9.17) is 28.4 Å². The van der Waals surface area contributed by atoms with Crippen molar-refractivity contribution in [2.75, 3.05) is 39.5 Å². The van der Waals surface area contributed by atoms with E-state index in [0.29, 0.717) is 62.5 Å². The smallest absolute Gasteiger partial charge is 0.330 e. The molecule has 0 aliphatic carbocycles. The lowest BCUT2D eigenvalue weighted by molar-refractivity contribution is -0.165. The number of aryl methyl sites for hydroxylation is 2. The summed E-state index contributed by atoms with van der Waals surface area (Å²) in [6.45, 7) is 30.0. The maximum Gasteiger partial charge on any atom is 0.330 e. The number of halogens is 2. The van der Waals surface area contributed by atoms with E-state index in [1.165, 1.54) is 73.9 Å². The number of pyridine rings is 2. The van der Waals surface area contributed by atoms with Crippen LogP contribution in [0.15, 0.2) is 158 Å². The molecule has 2 aliphatic rings. The lowest BCUT2D eigenvalue weighted by Gasteiger charge is -2.36. The first-order valence-corrected chi connectivity index (χ1v) is 36.0. The summed E-state index contributed by atoms with van der Waals surface area (Å²) >= 11 is 0. The van der Waals surface area contributed by atoms with Crippen molar-refractivity contribution < 1.29 is 75.6 Å². The van der Waals surface area contributed by atoms with E-state index in [-0.39, 0.29) is 87.5 Å². The van der Waals surface area contributed by atoms with Crippen molar-refractivity contribution in [2.24, 2.45) is 34.5 Å². The van der Waals surface area contributed by atoms with Gasteiger partial charge in [-0.05, 0) is 198 Å². The van der Waals surface area contributed by atoms with Gasteiger partial charge in [-0.25, -0.2) is 28.0 Å². The number of rotatable bonds is 32. The van der Waals surface area contributed by atoms with Gasteiger partial charge in [-0.15, -0.1) is 0 Å². The molecular weight excluding hydrogens is 1330 g/mol. The number of para-hydroxylation sites is 2. The van der Waals surface area contributed by atoms with Crippen LogP contribution in [0, 0.1) is 46.1 Å². The van der Waals surface area contributed by atoms with E-state index in [1.807, 2.05) is 116 Å². The Morgan fingerprint density at radius 3 is 1.27 bits per heavy atom. The summed E-state index contributed by atoms with van der Waals surface area (Å²) in [5, 5.41) is 1.93. The van der Waals surface area contributed by atoms with E-state index in [9.17, 15) is 38.4 Å². The summed E-state index contributed by atoms with van der Waals surface area (Å²) in [7, 11) is 0. The van der Waals surface area contributed by atoms with Crippen molar-refractivity contribution in [3.8, 4) is 11.5 Å². The molecule has 0 saturated carbocycles. The molecule has 2 aromatic heterocycles. The molecule has 4 aromatic carbocycles. The number of carbonyl (C=O) groups excluding carboxylic acids is 8. The average molecular weight is 1430 g/mol. The molecule has 2 amide bonds. The van der Waals surface area contributed by atoms with E-state index in [2.05, 4.69) is 23.1 Å².